The molecule has 0 bridgehead atoms. The fourth-order valence-electron chi connectivity index (χ4n) is 3.27. The number of benzene rings is 2. The number of aryl methyl sites for hydroxylation is 1. The molecule has 0 aliphatic carbocycles. The number of carbonyl (C=O) groups is 2. The van der Waals surface area contributed by atoms with E-state index in [1.807, 2.05) is 48.7 Å². The van der Waals surface area contributed by atoms with E-state index >= 15 is 0 Å². The fourth-order valence-corrected chi connectivity index (χ4v) is 3.69. The molecule has 0 aliphatic rings. The zero-order chi connectivity index (χ0) is 19.9. The SMILES string of the molecule is COC(=O)CC(NC(=O)CCCc1c[nH]c2ccccc12)c1cccc(Br)c1. The highest BCUT2D eigenvalue weighted by Gasteiger charge is 2.19. The van der Waals surface area contributed by atoms with Crippen LogP contribution in [0.3, 0.4) is 0 Å². The Hall–Kier alpha value is -2.60. The van der Waals surface area contributed by atoms with Crippen LogP contribution < -0.4 is 5.32 Å². The summed E-state index contributed by atoms with van der Waals surface area (Å²) in [5.41, 5.74) is 3.18. The molecule has 1 amide bonds. The number of ether oxygens (including phenoxy) is 1. The van der Waals surface area contributed by atoms with Gasteiger partial charge in [-0.15, -0.1) is 0 Å². The van der Waals surface area contributed by atoms with E-state index < -0.39 is 6.04 Å². The second kappa shape index (κ2) is 9.55. The largest absolute Gasteiger partial charge is 0.469 e. The first-order valence-corrected chi connectivity index (χ1v) is 10.0. The third-order valence-electron chi connectivity index (χ3n) is 4.71. The molecule has 2 N–H and O–H groups in total. The topological polar surface area (TPSA) is 71.2 Å². The number of carbonyl (C=O) groups excluding carboxylic acids is 2. The summed E-state index contributed by atoms with van der Waals surface area (Å²) in [6.07, 6.45) is 4.05. The summed E-state index contributed by atoms with van der Waals surface area (Å²) in [6.45, 7) is 0. The summed E-state index contributed by atoms with van der Waals surface area (Å²) in [4.78, 5) is 27.5. The van der Waals surface area contributed by atoms with Crippen LogP contribution in [0.1, 0.15) is 36.4 Å². The van der Waals surface area contributed by atoms with Gasteiger partial charge in [-0.1, -0.05) is 46.3 Å². The predicted molar refractivity (Wildman–Crippen MR) is 113 cm³/mol. The van der Waals surface area contributed by atoms with Crippen LogP contribution in [0.15, 0.2) is 59.2 Å². The van der Waals surface area contributed by atoms with E-state index in [4.69, 9.17) is 4.74 Å². The Morgan fingerprint density at radius 3 is 2.79 bits per heavy atom. The van der Waals surface area contributed by atoms with Crippen molar-refractivity contribution in [3.63, 3.8) is 0 Å². The number of nitrogens with one attached hydrogen (secondary N) is 2. The van der Waals surface area contributed by atoms with E-state index in [-0.39, 0.29) is 18.3 Å². The van der Waals surface area contributed by atoms with Crippen molar-refractivity contribution in [2.24, 2.45) is 0 Å². The number of aromatic amines is 1. The van der Waals surface area contributed by atoms with Gasteiger partial charge < -0.3 is 15.0 Å². The maximum absolute atomic E-state index is 12.5. The van der Waals surface area contributed by atoms with Gasteiger partial charge in [0.15, 0.2) is 0 Å². The standard InChI is InChI=1S/C22H23BrN2O3/c1-28-22(27)13-20(15-6-4-8-17(23)12-15)25-21(26)11-5-7-16-14-24-19-10-3-2-9-18(16)19/h2-4,6,8-10,12,14,20,24H,5,7,11,13H2,1H3,(H,25,26). The van der Waals surface area contributed by atoms with Crippen molar-refractivity contribution in [3.8, 4) is 0 Å². The minimum absolute atomic E-state index is 0.0753. The van der Waals surface area contributed by atoms with Crippen molar-refractivity contribution in [1.29, 1.82) is 0 Å². The zero-order valence-corrected chi connectivity index (χ0v) is 17.3. The number of aromatic nitrogens is 1. The van der Waals surface area contributed by atoms with E-state index in [1.54, 1.807) is 0 Å². The lowest BCUT2D eigenvalue weighted by Gasteiger charge is -2.18. The van der Waals surface area contributed by atoms with Gasteiger partial charge in [0.05, 0.1) is 19.6 Å². The smallest absolute Gasteiger partial charge is 0.307 e. The number of fused-ring (bicyclic) bond motifs is 1. The number of hydrogen-bond acceptors (Lipinski definition) is 3. The van der Waals surface area contributed by atoms with E-state index in [0.29, 0.717) is 6.42 Å². The normalized spacial score (nSPS) is 11.9. The summed E-state index contributed by atoms with van der Waals surface area (Å²) in [7, 11) is 1.35. The fraction of sp³-hybridized carbons (Fsp3) is 0.273. The molecule has 3 aromatic rings. The molecule has 28 heavy (non-hydrogen) atoms. The second-order valence-corrected chi connectivity index (χ2v) is 7.58. The van der Waals surface area contributed by atoms with Gasteiger partial charge in [-0.3, -0.25) is 9.59 Å². The monoisotopic (exact) mass is 442 g/mol. The van der Waals surface area contributed by atoms with Crippen molar-refractivity contribution in [3.05, 3.63) is 70.3 Å². The minimum atomic E-state index is -0.412. The Morgan fingerprint density at radius 2 is 2.00 bits per heavy atom. The Morgan fingerprint density at radius 1 is 1.18 bits per heavy atom. The average molecular weight is 443 g/mol. The molecule has 3 rings (SSSR count). The molecule has 0 radical (unpaired) electrons. The zero-order valence-electron chi connectivity index (χ0n) is 15.7. The van der Waals surface area contributed by atoms with Crippen LogP contribution in [0.25, 0.3) is 10.9 Å². The molecule has 0 fully saturated rings. The highest BCUT2D eigenvalue weighted by atomic mass is 79.9. The van der Waals surface area contributed by atoms with Crippen molar-refractivity contribution in [2.45, 2.75) is 31.7 Å². The molecule has 0 saturated carbocycles. The molecule has 1 aromatic heterocycles. The number of para-hydroxylation sites is 1. The molecule has 0 saturated heterocycles. The van der Waals surface area contributed by atoms with Gasteiger partial charge in [0, 0.05) is 28.0 Å². The number of hydrogen-bond donors (Lipinski definition) is 2. The van der Waals surface area contributed by atoms with Gasteiger partial charge in [-0.2, -0.15) is 0 Å². The van der Waals surface area contributed by atoms with Gasteiger partial charge in [-0.25, -0.2) is 0 Å². The predicted octanol–water partition coefficient (Wildman–Crippen LogP) is 4.67. The van der Waals surface area contributed by atoms with Crippen LogP contribution in [-0.2, 0) is 20.7 Å². The number of halogens is 1. The van der Waals surface area contributed by atoms with E-state index in [9.17, 15) is 9.59 Å². The molecule has 1 unspecified atom stereocenters. The second-order valence-electron chi connectivity index (χ2n) is 6.67. The number of amides is 1. The van der Waals surface area contributed by atoms with Crippen LogP contribution >= 0.6 is 15.9 Å². The van der Waals surface area contributed by atoms with Crippen molar-refractivity contribution in [2.75, 3.05) is 7.11 Å². The Bertz CT molecular complexity index is 967. The van der Waals surface area contributed by atoms with Crippen LogP contribution in [0.2, 0.25) is 0 Å². The van der Waals surface area contributed by atoms with E-state index in [0.717, 1.165) is 28.4 Å². The highest BCUT2D eigenvalue weighted by molar-refractivity contribution is 9.10. The Kier molecular flexibility index (Phi) is 6.87. The quantitative estimate of drug-likeness (QED) is 0.497. The molecule has 1 atom stereocenters. The number of esters is 1. The van der Waals surface area contributed by atoms with Gasteiger partial charge in [0.2, 0.25) is 5.91 Å². The number of methoxy groups -OCH3 is 1. The first-order chi connectivity index (χ1) is 13.6. The number of rotatable bonds is 8. The first kappa shape index (κ1) is 20.1. The van der Waals surface area contributed by atoms with E-state index in [1.165, 1.54) is 18.1 Å². The molecular formula is C22H23BrN2O3. The Labute approximate surface area is 172 Å². The van der Waals surface area contributed by atoms with E-state index in [2.05, 4.69) is 32.3 Å². The summed E-state index contributed by atoms with van der Waals surface area (Å²) >= 11 is 3.43. The minimum Gasteiger partial charge on any atom is -0.469 e. The lowest BCUT2D eigenvalue weighted by atomic mass is 10.0. The van der Waals surface area contributed by atoms with Crippen LogP contribution in [0.4, 0.5) is 0 Å². The van der Waals surface area contributed by atoms with Crippen molar-refractivity contribution in [1.82, 2.24) is 10.3 Å². The molecule has 0 spiro atoms. The van der Waals surface area contributed by atoms with Gasteiger partial charge >= 0.3 is 5.97 Å². The molecule has 146 valence electrons. The van der Waals surface area contributed by atoms with Crippen LogP contribution in [0.5, 0.6) is 0 Å². The molecule has 6 heteroatoms. The third kappa shape index (κ3) is 5.23. The Balaban J connectivity index is 1.59. The third-order valence-corrected chi connectivity index (χ3v) is 5.20. The van der Waals surface area contributed by atoms with Gasteiger partial charge in [-0.05, 0) is 42.2 Å². The molecule has 5 nitrogen and oxygen atoms in total. The average Bonchev–Trinajstić information content (AvgIpc) is 3.10. The van der Waals surface area contributed by atoms with Gasteiger partial charge in [0.1, 0.15) is 0 Å². The van der Waals surface area contributed by atoms with Crippen molar-refractivity contribution >= 4 is 38.7 Å². The summed E-state index contributed by atoms with van der Waals surface area (Å²) in [5.74, 6) is -0.433. The molecular weight excluding hydrogens is 420 g/mol. The maximum Gasteiger partial charge on any atom is 0.307 e. The van der Waals surface area contributed by atoms with Crippen molar-refractivity contribution < 1.29 is 14.3 Å². The summed E-state index contributed by atoms with van der Waals surface area (Å²) < 4.78 is 5.68. The molecule has 2 aromatic carbocycles. The lowest BCUT2D eigenvalue weighted by Crippen LogP contribution is -2.30. The van der Waals surface area contributed by atoms with Crippen LogP contribution in [0, 0.1) is 0 Å². The maximum atomic E-state index is 12.5. The summed E-state index contributed by atoms with van der Waals surface area (Å²) in [5, 5.41) is 4.17. The molecule has 1 heterocycles. The first-order valence-electron chi connectivity index (χ1n) is 9.23. The van der Waals surface area contributed by atoms with Gasteiger partial charge in [0.25, 0.3) is 0 Å². The lowest BCUT2D eigenvalue weighted by molar-refractivity contribution is -0.141. The summed E-state index contributed by atoms with van der Waals surface area (Å²) in [6, 6.07) is 15.3. The van der Waals surface area contributed by atoms with Crippen LogP contribution in [-0.4, -0.2) is 24.0 Å². The highest BCUT2D eigenvalue weighted by Crippen LogP contribution is 2.22. The number of H-pyrrole nitrogens is 1. The molecule has 0 aliphatic heterocycles.